The number of benzene rings is 1. The number of amides is 1. The van der Waals surface area contributed by atoms with Crippen LogP contribution in [0.3, 0.4) is 0 Å². The number of hydrogen-bond acceptors (Lipinski definition) is 4. The van der Waals surface area contributed by atoms with E-state index >= 15 is 0 Å². The lowest BCUT2D eigenvalue weighted by Gasteiger charge is -2.07. The van der Waals surface area contributed by atoms with E-state index in [-0.39, 0.29) is 17.0 Å². The number of aromatic nitrogens is 1. The van der Waals surface area contributed by atoms with Gasteiger partial charge in [-0.05, 0) is 24.6 Å². The Morgan fingerprint density at radius 1 is 1.41 bits per heavy atom. The summed E-state index contributed by atoms with van der Waals surface area (Å²) in [6.45, 7) is 3.74. The lowest BCUT2D eigenvalue weighted by Crippen LogP contribution is -2.23. The van der Waals surface area contributed by atoms with E-state index in [9.17, 15) is 13.2 Å². The van der Waals surface area contributed by atoms with Crippen molar-refractivity contribution in [2.75, 3.05) is 6.54 Å². The van der Waals surface area contributed by atoms with Crippen LogP contribution in [-0.4, -0.2) is 25.4 Å². The minimum Gasteiger partial charge on any atom is -0.327 e. The molecule has 0 saturated carbocycles. The summed E-state index contributed by atoms with van der Waals surface area (Å²) in [4.78, 5) is 17.0. The molecule has 2 aromatic rings. The first-order chi connectivity index (χ1) is 10.3. The summed E-state index contributed by atoms with van der Waals surface area (Å²) in [5.74, 6) is -0.455. The number of nitrogens with one attached hydrogen (secondary N) is 1. The fourth-order valence-corrected chi connectivity index (χ4v) is 3.65. The van der Waals surface area contributed by atoms with Gasteiger partial charge < -0.3 is 4.57 Å². The highest BCUT2D eigenvalue weighted by Gasteiger charge is 2.17. The lowest BCUT2D eigenvalue weighted by atomic mass is 10.1. The van der Waals surface area contributed by atoms with E-state index in [2.05, 4.69) is 9.71 Å². The molecule has 118 valence electrons. The molecule has 0 bridgehead atoms. The predicted octanol–water partition coefficient (Wildman–Crippen LogP) is 1.43. The van der Waals surface area contributed by atoms with Crippen LogP contribution < -0.4 is 9.52 Å². The first-order valence-electron chi connectivity index (χ1n) is 6.64. The normalized spacial score (nSPS) is 12.6. The lowest BCUT2D eigenvalue weighted by molar-refractivity contribution is 0.0997. The first kappa shape index (κ1) is 16.6. The van der Waals surface area contributed by atoms with Gasteiger partial charge in [-0.1, -0.05) is 13.0 Å². The molecule has 0 spiro atoms. The van der Waals surface area contributed by atoms with Crippen LogP contribution in [0.1, 0.15) is 22.8 Å². The molecule has 0 aliphatic carbocycles. The maximum absolute atomic E-state index is 12.3. The highest BCUT2D eigenvalue weighted by Crippen LogP contribution is 2.16. The third kappa shape index (κ3) is 3.52. The summed E-state index contributed by atoms with van der Waals surface area (Å²) < 4.78 is 28.2. The topological polar surface area (TPSA) is 80.5 Å². The van der Waals surface area contributed by atoms with Crippen molar-refractivity contribution in [2.24, 2.45) is 12.0 Å². The van der Waals surface area contributed by atoms with Crippen LogP contribution in [0.2, 0.25) is 0 Å². The molecule has 0 saturated heterocycles. The van der Waals surface area contributed by atoms with Crippen molar-refractivity contribution < 1.29 is 13.2 Å². The van der Waals surface area contributed by atoms with Crippen molar-refractivity contribution in [3.8, 4) is 0 Å². The van der Waals surface area contributed by atoms with E-state index < -0.39 is 15.9 Å². The van der Waals surface area contributed by atoms with Gasteiger partial charge in [-0.3, -0.25) is 4.79 Å². The van der Waals surface area contributed by atoms with Gasteiger partial charge in [0.1, 0.15) is 0 Å². The highest BCUT2D eigenvalue weighted by atomic mass is 32.2. The molecule has 1 N–H and O–H groups in total. The summed E-state index contributed by atoms with van der Waals surface area (Å²) in [6, 6.07) is 4.46. The Hall–Kier alpha value is -1.77. The molecule has 1 aromatic heterocycles. The fourth-order valence-electron chi connectivity index (χ4n) is 1.85. The minimum atomic E-state index is -3.60. The number of rotatable bonds is 4. The quantitative estimate of drug-likeness (QED) is 0.915. The summed E-state index contributed by atoms with van der Waals surface area (Å²) in [5.41, 5.74) is 0.968. The molecule has 6 nitrogen and oxygen atoms in total. The summed E-state index contributed by atoms with van der Waals surface area (Å²) in [5, 5.41) is 1.82. The van der Waals surface area contributed by atoms with Gasteiger partial charge in [-0.25, -0.2) is 13.1 Å². The molecular weight excluding hydrogens is 322 g/mol. The molecular formula is C14H17N3O3S2. The smallest absolute Gasteiger partial charge is 0.279 e. The standard InChI is InChI=1S/C14H17N3O3S2/c1-4-15-22(19,20)11-6-5-10(2)12(9-11)13(18)16-14-17(3)7-8-21-14/h5-9,15H,4H2,1-3H3. The molecule has 1 heterocycles. The van der Waals surface area contributed by atoms with Gasteiger partial charge in [0, 0.05) is 30.7 Å². The Balaban J connectivity index is 2.48. The van der Waals surface area contributed by atoms with E-state index in [4.69, 9.17) is 0 Å². The molecule has 0 fully saturated rings. The zero-order chi connectivity index (χ0) is 16.3. The van der Waals surface area contributed by atoms with Gasteiger partial charge >= 0.3 is 0 Å². The van der Waals surface area contributed by atoms with Crippen molar-refractivity contribution in [1.29, 1.82) is 0 Å². The Morgan fingerprint density at radius 2 is 2.14 bits per heavy atom. The van der Waals surface area contributed by atoms with Crippen LogP contribution in [0.15, 0.2) is 39.7 Å². The van der Waals surface area contributed by atoms with Crippen LogP contribution in [-0.2, 0) is 17.1 Å². The van der Waals surface area contributed by atoms with Crippen LogP contribution >= 0.6 is 11.3 Å². The third-order valence-corrected chi connectivity index (χ3v) is 5.43. The maximum Gasteiger partial charge on any atom is 0.279 e. The number of nitrogens with zero attached hydrogens (tertiary/aromatic N) is 2. The average molecular weight is 339 g/mol. The van der Waals surface area contributed by atoms with E-state index in [1.807, 2.05) is 5.38 Å². The highest BCUT2D eigenvalue weighted by molar-refractivity contribution is 7.89. The molecule has 1 amide bonds. The van der Waals surface area contributed by atoms with Gasteiger partial charge in [-0.2, -0.15) is 4.99 Å². The number of sulfonamides is 1. The Bertz CT molecular complexity index is 863. The van der Waals surface area contributed by atoms with Crippen LogP contribution in [0, 0.1) is 6.92 Å². The van der Waals surface area contributed by atoms with Gasteiger partial charge in [-0.15, -0.1) is 11.3 Å². The predicted molar refractivity (Wildman–Crippen MR) is 85.2 cm³/mol. The summed E-state index contributed by atoms with van der Waals surface area (Å²) in [6.07, 6.45) is 1.80. The van der Waals surface area contributed by atoms with E-state index in [0.717, 1.165) is 0 Å². The second-order valence-corrected chi connectivity index (χ2v) is 7.33. The van der Waals surface area contributed by atoms with Crippen LogP contribution in [0.25, 0.3) is 0 Å². The maximum atomic E-state index is 12.3. The molecule has 0 aliphatic heterocycles. The zero-order valence-electron chi connectivity index (χ0n) is 12.5. The second-order valence-electron chi connectivity index (χ2n) is 4.69. The van der Waals surface area contributed by atoms with Gasteiger partial charge in [0.25, 0.3) is 5.91 Å². The minimum absolute atomic E-state index is 0.0639. The number of carbonyl (C=O) groups excluding carboxylic acids is 1. The Labute approximate surface area is 133 Å². The van der Waals surface area contributed by atoms with Crippen molar-refractivity contribution in [2.45, 2.75) is 18.7 Å². The van der Waals surface area contributed by atoms with Crippen LogP contribution in [0.5, 0.6) is 0 Å². The second kappa shape index (κ2) is 6.55. The molecule has 0 atom stereocenters. The van der Waals surface area contributed by atoms with E-state index in [1.165, 1.54) is 23.5 Å². The molecule has 0 aliphatic rings. The number of aryl methyl sites for hydroxylation is 2. The molecule has 1 aromatic carbocycles. The Morgan fingerprint density at radius 3 is 2.73 bits per heavy atom. The van der Waals surface area contributed by atoms with Crippen molar-refractivity contribution in [1.82, 2.24) is 9.29 Å². The first-order valence-corrected chi connectivity index (χ1v) is 9.01. The average Bonchev–Trinajstić information content (AvgIpc) is 2.84. The van der Waals surface area contributed by atoms with Gasteiger partial charge in [0.2, 0.25) is 10.0 Å². The van der Waals surface area contributed by atoms with Crippen molar-refractivity contribution in [3.63, 3.8) is 0 Å². The summed E-state index contributed by atoms with van der Waals surface area (Å²) >= 11 is 1.34. The molecule has 0 unspecified atom stereocenters. The van der Waals surface area contributed by atoms with E-state index in [1.54, 1.807) is 37.7 Å². The molecule has 8 heteroatoms. The molecule has 0 radical (unpaired) electrons. The van der Waals surface area contributed by atoms with E-state index in [0.29, 0.717) is 10.4 Å². The SMILES string of the molecule is CCNS(=O)(=O)c1ccc(C)c(C(=O)N=c2sccn2C)c1. The van der Waals surface area contributed by atoms with Crippen LogP contribution in [0.4, 0.5) is 0 Å². The van der Waals surface area contributed by atoms with Gasteiger partial charge in [0.05, 0.1) is 4.90 Å². The molecule has 22 heavy (non-hydrogen) atoms. The number of hydrogen-bond donors (Lipinski definition) is 1. The monoisotopic (exact) mass is 339 g/mol. The zero-order valence-corrected chi connectivity index (χ0v) is 14.2. The third-order valence-electron chi connectivity index (χ3n) is 3.04. The molecule has 2 rings (SSSR count). The largest absolute Gasteiger partial charge is 0.327 e. The van der Waals surface area contributed by atoms with Gasteiger partial charge in [0.15, 0.2) is 4.80 Å². The van der Waals surface area contributed by atoms with Crippen molar-refractivity contribution >= 4 is 27.3 Å². The number of carbonyl (C=O) groups is 1. The Kier molecular flexibility index (Phi) is 4.94. The number of thiazole rings is 1. The fraction of sp³-hybridized carbons (Fsp3) is 0.286. The summed E-state index contributed by atoms with van der Waals surface area (Å²) in [7, 11) is -1.81. The van der Waals surface area contributed by atoms with Crippen molar-refractivity contribution in [3.05, 3.63) is 45.7 Å².